The van der Waals surface area contributed by atoms with Crippen molar-refractivity contribution >= 4 is 11.3 Å². The maximum Gasteiger partial charge on any atom is 0.434 e. The fourth-order valence-corrected chi connectivity index (χ4v) is 1.99. The second kappa shape index (κ2) is 4.23. The van der Waals surface area contributed by atoms with Gasteiger partial charge in [-0.15, -0.1) is 16.4 Å². The van der Waals surface area contributed by atoms with E-state index < -0.39 is 5.76 Å². The van der Waals surface area contributed by atoms with Gasteiger partial charge in [-0.2, -0.15) is 0 Å². The van der Waals surface area contributed by atoms with Gasteiger partial charge in [0.2, 0.25) is 5.89 Å². The second-order valence-electron chi connectivity index (χ2n) is 2.94. The minimum absolute atomic E-state index is 0.476. The topological polar surface area (TPSA) is 58.9 Å². The van der Waals surface area contributed by atoms with Gasteiger partial charge in [-0.1, -0.05) is 6.07 Å². The van der Waals surface area contributed by atoms with E-state index in [2.05, 4.69) is 21.6 Å². The Kier molecular flexibility index (Phi) is 2.78. The summed E-state index contributed by atoms with van der Waals surface area (Å²) in [6, 6.07) is 4.14. The Labute approximate surface area is 84.6 Å². The average molecular weight is 210 g/mol. The van der Waals surface area contributed by atoms with Crippen molar-refractivity contribution in [2.75, 3.05) is 0 Å². The number of aromatic amines is 1. The lowest BCUT2D eigenvalue weighted by molar-refractivity contribution is 0.456. The van der Waals surface area contributed by atoms with Crippen molar-refractivity contribution in [1.29, 1.82) is 0 Å². The molecule has 4 nitrogen and oxygen atoms in total. The summed E-state index contributed by atoms with van der Waals surface area (Å²) in [7, 11) is 0. The number of hydrogen-bond donors (Lipinski definition) is 1. The molecule has 2 aromatic heterocycles. The number of nitrogens with one attached hydrogen (secondary N) is 1. The van der Waals surface area contributed by atoms with Gasteiger partial charge in [0.05, 0.1) is 0 Å². The van der Waals surface area contributed by atoms with Gasteiger partial charge in [0.25, 0.3) is 0 Å². The normalized spacial score (nSPS) is 10.6. The van der Waals surface area contributed by atoms with Crippen molar-refractivity contribution in [2.45, 2.75) is 19.3 Å². The van der Waals surface area contributed by atoms with Crippen molar-refractivity contribution in [3.63, 3.8) is 0 Å². The molecule has 1 N–H and O–H groups in total. The molecule has 2 heterocycles. The van der Waals surface area contributed by atoms with Crippen molar-refractivity contribution in [1.82, 2.24) is 10.2 Å². The van der Waals surface area contributed by atoms with Crippen LogP contribution >= 0.6 is 11.3 Å². The molecule has 0 saturated carbocycles. The van der Waals surface area contributed by atoms with Gasteiger partial charge in [0, 0.05) is 11.3 Å². The standard InChI is InChI=1S/C9H10N2O2S/c12-9-11-10-8(13-9)5-1-3-7-4-2-6-14-7/h2,4,6H,1,3,5H2,(H,11,12). The van der Waals surface area contributed by atoms with E-state index in [0.717, 1.165) is 12.8 Å². The molecule has 0 atom stereocenters. The number of nitrogens with zero attached hydrogens (tertiary/aromatic N) is 1. The van der Waals surface area contributed by atoms with Crippen LogP contribution in [-0.2, 0) is 12.8 Å². The van der Waals surface area contributed by atoms with Crippen LogP contribution in [0.3, 0.4) is 0 Å². The Morgan fingerprint density at radius 2 is 2.43 bits per heavy atom. The summed E-state index contributed by atoms with van der Waals surface area (Å²) in [5.41, 5.74) is 0. The second-order valence-corrected chi connectivity index (χ2v) is 3.97. The lowest BCUT2D eigenvalue weighted by atomic mass is 10.2. The minimum Gasteiger partial charge on any atom is -0.393 e. The Bertz CT molecular complexity index is 430. The molecule has 2 rings (SSSR count). The molecular weight excluding hydrogens is 200 g/mol. The zero-order valence-electron chi connectivity index (χ0n) is 7.53. The zero-order chi connectivity index (χ0) is 9.80. The van der Waals surface area contributed by atoms with Crippen molar-refractivity contribution in [3.05, 3.63) is 38.8 Å². The van der Waals surface area contributed by atoms with E-state index in [1.807, 2.05) is 6.07 Å². The van der Waals surface area contributed by atoms with Crippen molar-refractivity contribution < 1.29 is 4.42 Å². The van der Waals surface area contributed by atoms with E-state index in [-0.39, 0.29) is 0 Å². The number of aromatic nitrogens is 2. The summed E-state index contributed by atoms with van der Waals surface area (Å²) in [4.78, 5) is 11.9. The van der Waals surface area contributed by atoms with E-state index in [0.29, 0.717) is 12.3 Å². The molecule has 0 aliphatic heterocycles. The molecule has 0 bridgehead atoms. The van der Waals surface area contributed by atoms with Crippen LogP contribution in [0.1, 0.15) is 17.2 Å². The fraction of sp³-hybridized carbons (Fsp3) is 0.333. The Balaban J connectivity index is 1.81. The van der Waals surface area contributed by atoms with E-state index in [1.54, 1.807) is 11.3 Å². The number of rotatable bonds is 4. The highest BCUT2D eigenvalue weighted by Gasteiger charge is 2.01. The minimum atomic E-state index is -0.476. The third kappa shape index (κ3) is 2.32. The van der Waals surface area contributed by atoms with Crippen LogP contribution in [0.25, 0.3) is 0 Å². The molecule has 0 spiro atoms. The molecule has 74 valence electrons. The number of thiophene rings is 1. The van der Waals surface area contributed by atoms with E-state index in [4.69, 9.17) is 4.42 Å². The Morgan fingerprint density at radius 3 is 3.07 bits per heavy atom. The average Bonchev–Trinajstić information content (AvgIpc) is 2.77. The fourth-order valence-electron chi connectivity index (χ4n) is 1.24. The molecule has 14 heavy (non-hydrogen) atoms. The molecule has 0 aliphatic rings. The van der Waals surface area contributed by atoms with Gasteiger partial charge < -0.3 is 4.42 Å². The van der Waals surface area contributed by atoms with Crippen LogP contribution in [0.4, 0.5) is 0 Å². The van der Waals surface area contributed by atoms with Crippen LogP contribution in [0.2, 0.25) is 0 Å². The van der Waals surface area contributed by atoms with Gasteiger partial charge in [-0.25, -0.2) is 9.89 Å². The van der Waals surface area contributed by atoms with Crippen LogP contribution in [0.15, 0.2) is 26.7 Å². The van der Waals surface area contributed by atoms with E-state index in [9.17, 15) is 4.79 Å². The molecule has 0 unspecified atom stereocenters. The smallest absolute Gasteiger partial charge is 0.393 e. The third-order valence-electron chi connectivity index (χ3n) is 1.88. The first kappa shape index (κ1) is 9.21. The summed E-state index contributed by atoms with van der Waals surface area (Å²) in [6.45, 7) is 0. The molecule has 0 radical (unpaired) electrons. The zero-order valence-corrected chi connectivity index (χ0v) is 8.34. The maximum atomic E-state index is 10.6. The molecule has 5 heteroatoms. The number of aryl methyl sites for hydroxylation is 2. The molecule has 0 aromatic carbocycles. The monoisotopic (exact) mass is 210 g/mol. The van der Waals surface area contributed by atoms with E-state index in [1.165, 1.54) is 4.88 Å². The first-order chi connectivity index (χ1) is 6.84. The summed E-state index contributed by atoms with van der Waals surface area (Å²) in [6.07, 6.45) is 2.67. The van der Waals surface area contributed by atoms with Crippen LogP contribution in [0.5, 0.6) is 0 Å². The van der Waals surface area contributed by atoms with Crippen LogP contribution in [-0.4, -0.2) is 10.2 Å². The van der Waals surface area contributed by atoms with Gasteiger partial charge >= 0.3 is 5.76 Å². The predicted octanol–water partition coefficient (Wildman–Crippen LogP) is 1.60. The van der Waals surface area contributed by atoms with E-state index >= 15 is 0 Å². The first-order valence-electron chi connectivity index (χ1n) is 4.41. The Hall–Kier alpha value is -1.36. The molecule has 0 amide bonds. The summed E-state index contributed by atoms with van der Waals surface area (Å²) >= 11 is 1.74. The molecule has 2 aromatic rings. The predicted molar refractivity (Wildman–Crippen MR) is 53.5 cm³/mol. The quantitative estimate of drug-likeness (QED) is 0.833. The van der Waals surface area contributed by atoms with Crippen LogP contribution < -0.4 is 5.76 Å². The molecule has 0 aliphatic carbocycles. The maximum absolute atomic E-state index is 10.6. The summed E-state index contributed by atoms with van der Waals surface area (Å²) in [5.74, 6) is 0.0164. The van der Waals surface area contributed by atoms with Crippen LogP contribution in [0, 0.1) is 0 Å². The number of hydrogen-bond acceptors (Lipinski definition) is 4. The highest BCUT2D eigenvalue weighted by molar-refractivity contribution is 7.09. The first-order valence-corrected chi connectivity index (χ1v) is 5.29. The SMILES string of the molecule is O=c1[nH]nc(CCCc2cccs2)o1. The lowest BCUT2D eigenvalue weighted by Gasteiger charge is -1.93. The van der Waals surface area contributed by atoms with Gasteiger partial charge in [0.1, 0.15) is 0 Å². The van der Waals surface area contributed by atoms with Gasteiger partial charge in [-0.05, 0) is 24.3 Å². The largest absolute Gasteiger partial charge is 0.434 e. The third-order valence-corrected chi connectivity index (χ3v) is 2.81. The van der Waals surface area contributed by atoms with Gasteiger partial charge in [0.15, 0.2) is 0 Å². The molecule has 0 saturated heterocycles. The Morgan fingerprint density at radius 1 is 1.50 bits per heavy atom. The summed E-state index contributed by atoms with van der Waals surface area (Å²) < 4.78 is 4.78. The lowest BCUT2D eigenvalue weighted by Crippen LogP contribution is -1.93. The summed E-state index contributed by atoms with van der Waals surface area (Å²) in [5, 5.41) is 8.04. The van der Waals surface area contributed by atoms with Crippen molar-refractivity contribution in [3.8, 4) is 0 Å². The molecular formula is C9H10N2O2S. The van der Waals surface area contributed by atoms with Crippen molar-refractivity contribution in [2.24, 2.45) is 0 Å². The highest BCUT2D eigenvalue weighted by atomic mass is 32.1. The van der Waals surface area contributed by atoms with Gasteiger partial charge in [-0.3, -0.25) is 0 Å². The highest BCUT2D eigenvalue weighted by Crippen LogP contribution is 2.11. The number of H-pyrrole nitrogens is 1. The molecule has 0 fully saturated rings.